The lowest BCUT2D eigenvalue weighted by molar-refractivity contribution is -0.384. The van der Waals surface area contributed by atoms with Crippen molar-refractivity contribution < 1.29 is 9.72 Å². The number of nitro groups is 1. The molecule has 1 N–H and O–H groups in total. The quantitative estimate of drug-likeness (QED) is 0.536. The Morgan fingerprint density at radius 1 is 1.11 bits per heavy atom. The van der Waals surface area contributed by atoms with Gasteiger partial charge in [0.2, 0.25) is 0 Å². The van der Waals surface area contributed by atoms with Gasteiger partial charge in [0.25, 0.3) is 11.6 Å². The third-order valence-electron chi connectivity index (χ3n) is 4.47. The first-order valence-electron chi connectivity index (χ1n) is 8.55. The maximum absolute atomic E-state index is 12.3. The average molecular weight is 364 g/mol. The molecule has 27 heavy (non-hydrogen) atoms. The third kappa shape index (κ3) is 4.20. The molecular formula is C20H20N4O3. The Bertz CT molecular complexity index is 963. The zero-order chi connectivity index (χ0) is 19.4. The number of hydrogen-bond donors (Lipinski definition) is 1. The monoisotopic (exact) mass is 364 g/mol. The van der Waals surface area contributed by atoms with Crippen molar-refractivity contribution in [2.75, 3.05) is 0 Å². The fourth-order valence-electron chi connectivity index (χ4n) is 2.91. The minimum Gasteiger partial charge on any atom is -0.348 e. The van der Waals surface area contributed by atoms with E-state index in [-0.39, 0.29) is 11.6 Å². The molecule has 1 amide bonds. The Balaban J connectivity index is 1.68. The lowest BCUT2D eigenvalue weighted by Crippen LogP contribution is -2.23. The molecule has 3 aromatic rings. The molecule has 138 valence electrons. The van der Waals surface area contributed by atoms with Crippen LogP contribution in [0.4, 0.5) is 5.69 Å². The second-order valence-corrected chi connectivity index (χ2v) is 6.28. The second-order valence-electron chi connectivity index (χ2n) is 6.28. The Morgan fingerprint density at radius 3 is 2.41 bits per heavy atom. The summed E-state index contributed by atoms with van der Waals surface area (Å²) in [6.07, 6.45) is 0. The molecular weight excluding hydrogens is 344 g/mol. The maximum Gasteiger partial charge on any atom is 0.269 e. The molecule has 7 nitrogen and oxygen atoms in total. The van der Waals surface area contributed by atoms with E-state index in [0.717, 1.165) is 22.5 Å². The molecule has 0 unspecified atom stereocenters. The van der Waals surface area contributed by atoms with Crippen molar-refractivity contribution in [1.82, 2.24) is 15.1 Å². The van der Waals surface area contributed by atoms with Gasteiger partial charge < -0.3 is 5.32 Å². The number of nitro benzene ring substituents is 1. The Kier molecular flexibility index (Phi) is 5.30. The molecule has 1 aromatic heterocycles. The fourth-order valence-corrected chi connectivity index (χ4v) is 2.91. The van der Waals surface area contributed by atoms with E-state index in [0.29, 0.717) is 18.7 Å². The first-order chi connectivity index (χ1) is 13.0. The van der Waals surface area contributed by atoms with Crippen LogP contribution in [0, 0.1) is 24.0 Å². The van der Waals surface area contributed by atoms with Crippen LogP contribution in [-0.4, -0.2) is 20.6 Å². The summed E-state index contributed by atoms with van der Waals surface area (Å²) in [7, 11) is 0. The molecule has 2 aromatic carbocycles. The van der Waals surface area contributed by atoms with Crippen molar-refractivity contribution in [3.8, 4) is 0 Å². The van der Waals surface area contributed by atoms with Crippen molar-refractivity contribution in [1.29, 1.82) is 0 Å². The van der Waals surface area contributed by atoms with Gasteiger partial charge in [-0.05, 0) is 31.5 Å². The van der Waals surface area contributed by atoms with Crippen molar-refractivity contribution >= 4 is 11.6 Å². The summed E-state index contributed by atoms with van der Waals surface area (Å²) < 4.78 is 1.93. The first kappa shape index (κ1) is 18.3. The molecule has 0 saturated carbocycles. The summed E-state index contributed by atoms with van der Waals surface area (Å²) in [6, 6.07) is 15.6. The summed E-state index contributed by atoms with van der Waals surface area (Å²) in [6.45, 7) is 4.92. The highest BCUT2D eigenvalue weighted by Crippen LogP contribution is 2.16. The minimum absolute atomic E-state index is 0.0413. The molecule has 0 radical (unpaired) electrons. The van der Waals surface area contributed by atoms with E-state index in [9.17, 15) is 14.9 Å². The van der Waals surface area contributed by atoms with Gasteiger partial charge in [-0.1, -0.05) is 30.3 Å². The number of carbonyl (C=O) groups is 1. The predicted molar refractivity (Wildman–Crippen MR) is 102 cm³/mol. The van der Waals surface area contributed by atoms with Gasteiger partial charge in [0.05, 0.1) is 17.2 Å². The zero-order valence-corrected chi connectivity index (χ0v) is 15.2. The van der Waals surface area contributed by atoms with Crippen LogP contribution in [0.15, 0.2) is 54.6 Å². The number of carbonyl (C=O) groups excluding carboxylic acids is 1. The fraction of sp³-hybridized carbons (Fsp3) is 0.200. The van der Waals surface area contributed by atoms with E-state index < -0.39 is 4.92 Å². The van der Waals surface area contributed by atoms with Gasteiger partial charge in [-0.3, -0.25) is 19.6 Å². The second kappa shape index (κ2) is 7.82. The van der Waals surface area contributed by atoms with Gasteiger partial charge in [0.1, 0.15) is 0 Å². The number of rotatable bonds is 6. The van der Waals surface area contributed by atoms with Crippen LogP contribution in [0.25, 0.3) is 0 Å². The van der Waals surface area contributed by atoms with Crippen LogP contribution < -0.4 is 5.32 Å². The molecule has 0 spiro atoms. The van der Waals surface area contributed by atoms with E-state index in [2.05, 4.69) is 10.4 Å². The van der Waals surface area contributed by atoms with Gasteiger partial charge in [0.15, 0.2) is 0 Å². The third-order valence-corrected chi connectivity index (χ3v) is 4.47. The zero-order valence-electron chi connectivity index (χ0n) is 15.2. The molecule has 0 atom stereocenters. The molecule has 1 heterocycles. The largest absolute Gasteiger partial charge is 0.348 e. The highest BCUT2D eigenvalue weighted by molar-refractivity contribution is 5.94. The Labute approximate surface area is 156 Å². The summed E-state index contributed by atoms with van der Waals surface area (Å²) in [5.74, 6) is -0.278. The molecule has 0 bridgehead atoms. The van der Waals surface area contributed by atoms with E-state index in [4.69, 9.17) is 0 Å². The van der Waals surface area contributed by atoms with Gasteiger partial charge in [-0.25, -0.2) is 0 Å². The van der Waals surface area contributed by atoms with Crippen LogP contribution >= 0.6 is 0 Å². The predicted octanol–water partition coefficient (Wildman–Crippen LogP) is 3.39. The van der Waals surface area contributed by atoms with Gasteiger partial charge in [-0.15, -0.1) is 0 Å². The maximum atomic E-state index is 12.3. The van der Waals surface area contributed by atoms with Crippen LogP contribution in [-0.2, 0) is 13.1 Å². The lowest BCUT2D eigenvalue weighted by Gasteiger charge is -2.07. The van der Waals surface area contributed by atoms with Crippen LogP contribution in [0.1, 0.15) is 32.9 Å². The van der Waals surface area contributed by atoms with E-state index >= 15 is 0 Å². The number of aryl methyl sites for hydroxylation is 1. The molecule has 7 heteroatoms. The van der Waals surface area contributed by atoms with Crippen molar-refractivity contribution in [2.24, 2.45) is 0 Å². The van der Waals surface area contributed by atoms with Crippen molar-refractivity contribution in [3.63, 3.8) is 0 Å². The van der Waals surface area contributed by atoms with Gasteiger partial charge >= 0.3 is 0 Å². The highest BCUT2D eigenvalue weighted by Gasteiger charge is 2.14. The van der Waals surface area contributed by atoms with Gasteiger partial charge in [-0.2, -0.15) is 5.10 Å². The van der Waals surface area contributed by atoms with Gasteiger partial charge in [0, 0.05) is 35.5 Å². The van der Waals surface area contributed by atoms with Crippen LogP contribution in [0.5, 0.6) is 0 Å². The molecule has 0 aliphatic heterocycles. The SMILES string of the molecule is Cc1nn(Cc2ccccc2)c(C)c1CNC(=O)c1ccc([N+](=O)[O-])cc1. The molecule has 0 aliphatic rings. The van der Waals surface area contributed by atoms with Crippen molar-refractivity contribution in [2.45, 2.75) is 26.9 Å². The molecule has 3 rings (SSSR count). The normalized spacial score (nSPS) is 10.6. The number of nitrogens with one attached hydrogen (secondary N) is 1. The lowest BCUT2D eigenvalue weighted by atomic mass is 10.1. The number of nitrogens with zero attached hydrogens (tertiary/aromatic N) is 3. The van der Waals surface area contributed by atoms with Crippen LogP contribution in [0.2, 0.25) is 0 Å². The number of non-ortho nitro benzene ring substituents is 1. The summed E-state index contributed by atoms with van der Waals surface area (Å²) in [5, 5.41) is 18.1. The van der Waals surface area contributed by atoms with Crippen molar-refractivity contribution in [3.05, 3.63) is 92.8 Å². The van der Waals surface area contributed by atoms with E-state index in [1.807, 2.05) is 48.9 Å². The topological polar surface area (TPSA) is 90.1 Å². The number of hydrogen-bond acceptors (Lipinski definition) is 4. The average Bonchev–Trinajstić information content (AvgIpc) is 2.93. The smallest absolute Gasteiger partial charge is 0.269 e. The standard InChI is InChI=1S/C20H20N4O3/c1-14-19(15(2)23(22-14)13-16-6-4-3-5-7-16)12-21-20(25)17-8-10-18(11-9-17)24(26)27/h3-11H,12-13H2,1-2H3,(H,21,25). The highest BCUT2D eigenvalue weighted by atomic mass is 16.6. The first-order valence-corrected chi connectivity index (χ1v) is 8.55. The van der Waals surface area contributed by atoms with E-state index in [1.54, 1.807) is 0 Å². The summed E-state index contributed by atoms with van der Waals surface area (Å²) in [4.78, 5) is 22.5. The Hall–Kier alpha value is -3.48. The number of benzene rings is 2. The molecule has 0 aliphatic carbocycles. The summed E-state index contributed by atoms with van der Waals surface area (Å²) >= 11 is 0. The minimum atomic E-state index is -0.491. The van der Waals surface area contributed by atoms with E-state index in [1.165, 1.54) is 24.3 Å². The molecule has 0 saturated heterocycles. The van der Waals surface area contributed by atoms with Crippen LogP contribution in [0.3, 0.4) is 0 Å². The molecule has 0 fully saturated rings. The number of amides is 1. The summed E-state index contributed by atoms with van der Waals surface area (Å²) in [5.41, 5.74) is 4.34. The Morgan fingerprint density at radius 2 is 1.78 bits per heavy atom. The number of aromatic nitrogens is 2.